The molecule has 1 aliphatic rings. The summed E-state index contributed by atoms with van der Waals surface area (Å²) in [6.07, 6.45) is 3.24. The van der Waals surface area contributed by atoms with Gasteiger partial charge < -0.3 is 14.6 Å². The summed E-state index contributed by atoms with van der Waals surface area (Å²) in [5, 5.41) is 3.39. The minimum absolute atomic E-state index is 0.0279. The number of amides is 1. The zero-order chi connectivity index (χ0) is 12.5. The van der Waals surface area contributed by atoms with Gasteiger partial charge in [0.25, 0.3) is 0 Å². The van der Waals surface area contributed by atoms with Gasteiger partial charge in [0, 0.05) is 6.92 Å². The lowest BCUT2D eigenvalue weighted by Gasteiger charge is -2.33. The molecule has 18 heavy (non-hydrogen) atoms. The summed E-state index contributed by atoms with van der Waals surface area (Å²) in [7, 11) is 0. The van der Waals surface area contributed by atoms with Gasteiger partial charge in [0.15, 0.2) is 0 Å². The second kappa shape index (κ2) is 4.22. The molecule has 1 unspecified atom stereocenters. The molecule has 2 heterocycles. The minimum atomic E-state index is 0.0279. The molecule has 0 saturated carbocycles. The van der Waals surface area contributed by atoms with E-state index in [9.17, 15) is 4.79 Å². The maximum absolute atomic E-state index is 11.7. The smallest absolute Gasteiger partial charge is 0.224 e. The Hall–Kier alpha value is -2.23. The van der Waals surface area contributed by atoms with E-state index in [2.05, 4.69) is 17.4 Å². The van der Waals surface area contributed by atoms with E-state index in [1.807, 2.05) is 18.2 Å². The molecule has 1 atom stereocenters. The third-order valence-corrected chi connectivity index (χ3v) is 3.21. The molecule has 92 valence electrons. The number of hydrogen-bond donors (Lipinski definition) is 1. The summed E-state index contributed by atoms with van der Waals surface area (Å²) in [6.45, 7) is 2.19. The predicted molar refractivity (Wildman–Crippen MR) is 69.5 cm³/mol. The molecule has 4 nitrogen and oxygen atoms in total. The average molecular weight is 242 g/mol. The van der Waals surface area contributed by atoms with Crippen LogP contribution in [0.5, 0.6) is 0 Å². The van der Waals surface area contributed by atoms with Gasteiger partial charge in [-0.3, -0.25) is 4.79 Å². The van der Waals surface area contributed by atoms with E-state index < -0.39 is 0 Å². The van der Waals surface area contributed by atoms with Crippen LogP contribution in [0.25, 0.3) is 0 Å². The molecule has 3 rings (SSSR count). The van der Waals surface area contributed by atoms with E-state index >= 15 is 0 Å². The molecule has 0 spiro atoms. The summed E-state index contributed by atoms with van der Waals surface area (Å²) in [5.74, 6) is 0.0279. The lowest BCUT2D eigenvalue weighted by Crippen LogP contribution is -2.38. The largest absolute Gasteiger partial charge is 0.468 e. The third-order valence-electron chi connectivity index (χ3n) is 3.21. The molecule has 0 fully saturated rings. The van der Waals surface area contributed by atoms with Gasteiger partial charge in [-0.25, -0.2) is 0 Å². The molecular weight excluding hydrogens is 228 g/mol. The molecule has 0 radical (unpaired) electrons. The number of fused-ring (bicyclic) bond motifs is 1. The van der Waals surface area contributed by atoms with Crippen LogP contribution in [0.15, 0.2) is 47.3 Å². The Kier molecular flexibility index (Phi) is 2.55. The van der Waals surface area contributed by atoms with E-state index in [1.165, 1.54) is 0 Å². The van der Waals surface area contributed by atoms with Crippen molar-refractivity contribution in [2.75, 3.05) is 16.8 Å². The first-order chi connectivity index (χ1) is 8.75. The topological polar surface area (TPSA) is 45.5 Å². The Morgan fingerprint density at radius 1 is 1.33 bits per heavy atom. The zero-order valence-corrected chi connectivity index (χ0v) is 10.1. The normalized spacial score (nSPS) is 18.1. The highest BCUT2D eigenvalue weighted by molar-refractivity contribution is 5.96. The number of nitrogens with one attached hydrogen (secondary N) is 1. The molecule has 2 aromatic rings. The second-order valence-corrected chi connectivity index (χ2v) is 4.41. The minimum Gasteiger partial charge on any atom is -0.468 e. The van der Waals surface area contributed by atoms with Gasteiger partial charge in [0.1, 0.15) is 18.2 Å². The number of nitrogens with zero attached hydrogens (tertiary/aromatic N) is 1. The lowest BCUT2D eigenvalue weighted by molar-refractivity contribution is -0.116. The van der Waals surface area contributed by atoms with Crippen LogP contribution >= 0.6 is 0 Å². The second-order valence-electron chi connectivity index (χ2n) is 4.41. The lowest BCUT2D eigenvalue weighted by atomic mass is 10.0. The summed E-state index contributed by atoms with van der Waals surface area (Å²) in [4.78, 5) is 13.4. The van der Waals surface area contributed by atoms with Crippen molar-refractivity contribution >= 4 is 17.3 Å². The highest BCUT2D eigenvalue weighted by Gasteiger charge is 2.28. The van der Waals surface area contributed by atoms with E-state index in [1.54, 1.807) is 24.3 Å². The van der Waals surface area contributed by atoms with Crippen molar-refractivity contribution in [1.29, 1.82) is 0 Å². The molecule has 4 heteroatoms. The number of rotatable bonds is 1. The van der Waals surface area contributed by atoms with Crippen molar-refractivity contribution in [2.24, 2.45) is 0 Å². The SMILES string of the molecule is CC(=O)N1CC(c2ccccc2)Nc2cocc21. The quantitative estimate of drug-likeness (QED) is 0.836. The Labute approximate surface area is 105 Å². The first-order valence-electron chi connectivity index (χ1n) is 5.91. The first kappa shape index (κ1) is 10.9. The first-order valence-corrected chi connectivity index (χ1v) is 5.91. The molecule has 1 amide bonds. The van der Waals surface area contributed by atoms with Gasteiger partial charge >= 0.3 is 0 Å². The molecule has 0 aliphatic carbocycles. The Balaban J connectivity index is 1.96. The van der Waals surface area contributed by atoms with Crippen LogP contribution < -0.4 is 10.2 Å². The average Bonchev–Trinajstić information content (AvgIpc) is 2.86. The number of carbonyl (C=O) groups excluding carboxylic acids is 1. The van der Waals surface area contributed by atoms with Gasteiger partial charge in [-0.05, 0) is 5.56 Å². The van der Waals surface area contributed by atoms with Crippen molar-refractivity contribution in [3.05, 3.63) is 48.4 Å². The number of carbonyl (C=O) groups is 1. The third kappa shape index (κ3) is 1.76. The summed E-state index contributed by atoms with van der Waals surface area (Å²) >= 11 is 0. The fourth-order valence-corrected chi connectivity index (χ4v) is 2.29. The summed E-state index contributed by atoms with van der Waals surface area (Å²) < 4.78 is 5.18. The maximum atomic E-state index is 11.7. The number of anilines is 2. The van der Waals surface area contributed by atoms with Crippen LogP contribution in [-0.2, 0) is 4.79 Å². The van der Waals surface area contributed by atoms with Crippen LogP contribution in [0.2, 0.25) is 0 Å². The van der Waals surface area contributed by atoms with Crippen molar-refractivity contribution in [3.63, 3.8) is 0 Å². The van der Waals surface area contributed by atoms with E-state index in [-0.39, 0.29) is 11.9 Å². The van der Waals surface area contributed by atoms with Gasteiger partial charge in [-0.2, -0.15) is 0 Å². The Morgan fingerprint density at radius 2 is 2.11 bits per heavy atom. The van der Waals surface area contributed by atoms with Gasteiger partial charge in [-0.15, -0.1) is 0 Å². The highest BCUT2D eigenvalue weighted by Crippen LogP contribution is 2.36. The number of benzene rings is 1. The Bertz CT molecular complexity index is 562. The van der Waals surface area contributed by atoms with Gasteiger partial charge in [0.2, 0.25) is 5.91 Å². The van der Waals surface area contributed by atoms with Crippen molar-refractivity contribution in [3.8, 4) is 0 Å². The van der Waals surface area contributed by atoms with E-state index in [0.29, 0.717) is 6.54 Å². The van der Waals surface area contributed by atoms with E-state index in [4.69, 9.17) is 4.42 Å². The summed E-state index contributed by atoms with van der Waals surface area (Å²) in [5.41, 5.74) is 2.84. The predicted octanol–water partition coefficient (Wildman–Crippen LogP) is 2.80. The molecule has 1 aromatic carbocycles. The molecule has 1 N–H and O–H groups in total. The van der Waals surface area contributed by atoms with Gasteiger partial charge in [-0.1, -0.05) is 30.3 Å². The molecule has 0 saturated heterocycles. The molecular formula is C14H14N2O2. The van der Waals surface area contributed by atoms with Crippen molar-refractivity contribution in [1.82, 2.24) is 0 Å². The zero-order valence-electron chi connectivity index (χ0n) is 10.1. The number of furan rings is 1. The van der Waals surface area contributed by atoms with Crippen LogP contribution in [0.4, 0.5) is 11.4 Å². The van der Waals surface area contributed by atoms with Crippen LogP contribution in [0.1, 0.15) is 18.5 Å². The standard InChI is InChI=1S/C14H14N2O2/c1-10(17)16-7-12(11-5-3-2-4-6-11)15-13-8-18-9-14(13)16/h2-6,8-9,12,15H,7H2,1H3. The molecule has 0 bridgehead atoms. The fraction of sp³-hybridized carbons (Fsp3) is 0.214. The van der Waals surface area contributed by atoms with Crippen LogP contribution in [0.3, 0.4) is 0 Å². The number of hydrogen-bond acceptors (Lipinski definition) is 3. The fourth-order valence-electron chi connectivity index (χ4n) is 2.29. The van der Waals surface area contributed by atoms with Crippen molar-refractivity contribution in [2.45, 2.75) is 13.0 Å². The van der Waals surface area contributed by atoms with Gasteiger partial charge in [0.05, 0.1) is 18.3 Å². The Morgan fingerprint density at radius 3 is 2.83 bits per heavy atom. The molecule has 1 aromatic heterocycles. The maximum Gasteiger partial charge on any atom is 0.224 e. The van der Waals surface area contributed by atoms with Crippen molar-refractivity contribution < 1.29 is 9.21 Å². The van der Waals surface area contributed by atoms with Crippen LogP contribution in [0, 0.1) is 0 Å². The molecule has 1 aliphatic heterocycles. The summed E-state index contributed by atoms with van der Waals surface area (Å²) in [6, 6.07) is 10.2. The van der Waals surface area contributed by atoms with E-state index in [0.717, 1.165) is 16.9 Å². The van der Waals surface area contributed by atoms with Crippen LogP contribution in [-0.4, -0.2) is 12.5 Å². The highest BCUT2D eigenvalue weighted by atomic mass is 16.3. The monoisotopic (exact) mass is 242 g/mol.